The van der Waals surface area contributed by atoms with E-state index < -0.39 is 5.54 Å². The standard InChI is InChI=1S/C22H22N4O/c23-16-22(13-7-8-14-22)24-21(27)19-15-20(17-9-3-1-4-10-17)26(25-19)18-11-5-2-6-12-18/h1-6,9-12,20H,7-8,13-15H2,(H,24,27). The first-order valence-electron chi connectivity index (χ1n) is 9.41. The molecule has 1 aliphatic carbocycles. The van der Waals surface area contributed by atoms with E-state index in [2.05, 4.69) is 28.6 Å². The smallest absolute Gasteiger partial charge is 0.268 e. The number of carbonyl (C=O) groups excluding carboxylic acids is 1. The van der Waals surface area contributed by atoms with Crippen LogP contribution in [0.4, 0.5) is 5.69 Å². The van der Waals surface area contributed by atoms with Crippen molar-refractivity contribution in [2.45, 2.75) is 43.7 Å². The average molecular weight is 358 g/mol. The molecule has 1 fully saturated rings. The van der Waals surface area contributed by atoms with Gasteiger partial charge in [-0.05, 0) is 43.4 Å². The second kappa shape index (κ2) is 7.24. The zero-order chi connectivity index (χ0) is 18.7. The number of nitrogens with one attached hydrogen (secondary N) is 1. The number of hydrazone groups is 1. The van der Waals surface area contributed by atoms with Gasteiger partial charge in [-0.1, -0.05) is 48.5 Å². The first-order valence-corrected chi connectivity index (χ1v) is 9.41. The molecule has 1 aliphatic heterocycles. The summed E-state index contributed by atoms with van der Waals surface area (Å²) >= 11 is 0. The fraction of sp³-hybridized carbons (Fsp3) is 0.318. The molecule has 4 rings (SSSR count). The zero-order valence-corrected chi connectivity index (χ0v) is 15.1. The van der Waals surface area contributed by atoms with E-state index in [1.54, 1.807) is 0 Å². The Bertz CT molecular complexity index is 880. The molecule has 0 spiro atoms. The quantitative estimate of drug-likeness (QED) is 0.900. The largest absolute Gasteiger partial charge is 0.333 e. The van der Waals surface area contributed by atoms with Crippen LogP contribution in [-0.4, -0.2) is 17.2 Å². The van der Waals surface area contributed by atoms with Gasteiger partial charge in [0.05, 0.1) is 17.8 Å². The first kappa shape index (κ1) is 17.3. The maximum Gasteiger partial charge on any atom is 0.268 e. The minimum Gasteiger partial charge on any atom is -0.333 e. The summed E-state index contributed by atoms with van der Waals surface area (Å²) in [5.74, 6) is -0.224. The lowest BCUT2D eigenvalue weighted by Crippen LogP contribution is -2.47. The van der Waals surface area contributed by atoms with Gasteiger partial charge in [0.1, 0.15) is 11.3 Å². The molecule has 1 atom stereocenters. The molecule has 1 N–H and O–H groups in total. The molecule has 2 aromatic rings. The molecule has 1 unspecified atom stereocenters. The molecule has 1 amide bonds. The molecular formula is C22H22N4O. The van der Waals surface area contributed by atoms with Gasteiger partial charge in [-0.15, -0.1) is 0 Å². The average Bonchev–Trinajstić information content (AvgIpc) is 3.37. The SMILES string of the molecule is N#CC1(NC(=O)C2=NN(c3ccccc3)C(c3ccccc3)C2)CCCC1. The van der Waals surface area contributed by atoms with Crippen molar-refractivity contribution in [2.24, 2.45) is 5.10 Å². The Morgan fingerprint density at radius 2 is 1.70 bits per heavy atom. The summed E-state index contributed by atoms with van der Waals surface area (Å²) in [5, 5.41) is 19.1. The van der Waals surface area contributed by atoms with E-state index in [1.807, 2.05) is 53.5 Å². The van der Waals surface area contributed by atoms with Crippen molar-refractivity contribution in [3.8, 4) is 6.07 Å². The summed E-state index contributed by atoms with van der Waals surface area (Å²) in [6.45, 7) is 0. The normalized spacial score (nSPS) is 20.8. The summed E-state index contributed by atoms with van der Waals surface area (Å²) in [6.07, 6.45) is 3.90. The van der Waals surface area contributed by atoms with Gasteiger partial charge < -0.3 is 5.32 Å². The maximum absolute atomic E-state index is 12.9. The molecule has 27 heavy (non-hydrogen) atoms. The third kappa shape index (κ3) is 3.43. The van der Waals surface area contributed by atoms with Crippen LogP contribution in [0.1, 0.15) is 43.7 Å². The van der Waals surface area contributed by atoms with E-state index in [0.717, 1.165) is 24.1 Å². The summed E-state index contributed by atoms with van der Waals surface area (Å²) < 4.78 is 0. The molecule has 0 radical (unpaired) electrons. The second-order valence-corrected chi connectivity index (χ2v) is 7.21. The van der Waals surface area contributed by atoms with Crippen molar-refractivity contribution >= 4 is 17.3 Å². The second-order valence-electron chi connectivity index (χ2n) is 7.21. The lowest BCUT2D eigenvalue weighted by molar-refractivity contribution is -0.116. The zero-order valence-electron chi connectivity index (χ0n) is 15.1. The van der Waals surface area contributed by atoms with Crippen molar-refractivity contribution < 1.29 is 4.79 Å². The predicted molar refractivity (Wildman–Crippen MR) is 105 cm³/mol. The third-order valence-corrected chi connectivity index (χ3v) is 5.40. The fourth-order valence-corrected chi connectivity index (χ4v) is 3.93. The molecule has 0 saturated heterocycles. The Morgan fingerprint density at radius 1 is 1.07 bits per heavy atom. The number of nitriles is 1. The number of amides is 1. The number of anilines is 1. The van der Waals surface area contributed by atoms with Crippen molar-refractivity contribution in [3.05, 3.63) is 66.2 Å². The third-order valence-electron chi connectivity index (χ3n) is 5.40. The molecule has 0 aromatic heterocycles. The number of hydrogen-bond acceptors (Lipinski definition) is 4. The van der Waals surface area contributed by atoms with Crippen LogP contribution >= 0.6 is 0 Å². The highest BCUT2D eigenvalue weighted by molar-refractivity contribution is 6.40. The van der Waals surface area contributed by atoms with Gasteiger partial charge in [0.15, 0.2) is 0 Å². The highest BCUT2D eigenvalue weighted by Gasteiger charge is 2.39. The number of nitrogens with zero attached hydrogens (tertiary/aromatic N) is 3. The van der Waals surface area contributed by atoms with E-state index in [9.17, 15) is 10.1 Å². The van der Waals surface area contributed by atoms with Crippen molar-refractivity contribution in [1.29, 1.82) is 5.26 Å². The van der Waals surface area contributed by atoms with Gasteiger partial charge in [-0.3, -0.25) is 9.80 Å². The van der Waals surface area contributed by atoms with Crippen molar-refractivity contribution in [3.63, 3.8) is 0 Å². The van der Waals surface area contributed by atoms with Crippen molar-refractivity contribution in [2.75, 3.05) is 5.01 Å². The lowest BCUT2D eigenvalue weighted by Gasteiger charge is -2.23. The molecule has 1 heterocycles. The van der Waals surface area contributed by atoms with E-state index in [1.165, 1.54) is 0 Å². The van der Waals surface area contributed by atoms with E-state index in [0.29, 0.717) is 25.0 Å². The van der Waals surface area contributed by atoms with Crippen LogP contribution in [0.5, 0.6) is 0 Å². The van der Waals surface area contributed by atoms with Gasteiger partial charge in [0, 0.05) is 6.42 Å². The van der Waals surface area contributed by atoms with Crippen LogP contribution in [0.25, 0.3) is 0 Å². The summed E-state index contributed by atoms with van der Waals surface area (Å²) in [4.78, 5) is 12.9. The topological polar surface area (TPSA) is 68.5 Å². The minimum absolute atomic E-state index is 0.0315. The van der Waals surface area contributed by atoms with Crippen LogP contribution in [-0.2, 0) is 4.79 Å². The van der Waals surface area contributed by atoms with Gasteiger partial charge in [0.2, 0.25) is 0 Å². The highest BCUT2D eigenvalue weighted by atomic mass is 16.2. The van der Waals surface area contributed by atoms with Crippen LogP contribution in [0.15, 0.2) is 65.8 Å². The monoisotopic (exact) mass is 358 g/mol. The minimum atomic E-state index is -0.734. The fourth-order valence-electron chi connectivity index (χ4n) is 3.93. The van der Waals surface area contributed by atoms with Crippen LogP contribution in [0, 0.1) is 11.3 Å². The number of carbonyl (C=O) groups is 1. The Balaban J connectivity index is 1.62. The Hall–Kier alpha value is -3.13. The molecule has 2 aliphatic rings. The Morgan fingerprint density at radius 3 is 2.33 bits per heavy atom. The Kier molecular flexibility index (Phi) is 4.64. The highest BCUT2D eigenvalue weighted by Crippen LogP contribution is 2.35. The van der Waals surface area contributed by atoms with Gasteiger partial charge in [-0.2, -0.15) is 10.4 Å². The van der Waals surface area contributed by atoms with Gasteiger partial charge in [0.25, 0.3) is 5.91 Å². The molecular weight excluding hydrogens is 336 g/mol. The summed E-state index contributed by atoms with van der Waals surface area (Å²) in [6, 6.07) is 22.3. The molecule has 1 saturated carbocycles. The number of para-hydroxylation sites is 1. The van der Waals surface area contributed by atoms with E-state index in [4.69, 9.17) is 0 Å². The van der Waals surface area contributed by atoms with Crippen LogP contribution in [0.2, 0.25) is 0 Å². The van der Waals surface area contributed by atoms with Crippen molar-refractivity contribution in [1.82, 2.24) is 5.32 Å². The number of rotatable bonds is 4. The molecule has 2 aromatic carbocycles. The van der Waals surface area contributed by atoms with Crippen LogP contribution < -0.4 is 10.3 Å². The molecule has 0 bridgehead atoms. The number of benzene rings is 2. The Labute approximate surface area is 159 Å². The first-order chi connectivity index (χ1) is 13.2. The van der Waals surface area contributed by atoms with E-state index in [-0.39, 0.29) is 11.9 Å². The summed E-state index contributed by atoms with van der Waals surface area (Å²) in [5.41, 5.74) is 1.81. The molecule has 5 heteroatoms. The lowest BCUT2D eigenvalue weighted by atomic mass is 9.98. The van der Waals surface area contributed by atoms with Gasteiger partial charge >= 0.3 is 0 Å². The molecule has 5 nitrogen and oxygen atoms in total. The maximum atomic E-state index is 12.9. The summed E-state index contributed by atoms with van der Waals surface area (Å²) in [7, 11) is 0. The predicted octanol–water partition coefficient (Wildman–Crippen LogP) is 3.95. The number of hydrogen-bond donors (Lipinski definition) is 1. The van der Waals surface area contributed by atoms with Gasteiger partial charge in [-0.25, -0.2) is 0 Å². The molecule has 136 valence electrons. The van der Waals surface area contributed by atoms with E-state index >= 15 is 0 Å². The van der Waals surface area contributed by atoms with Crippen LogP contribution in [0.3, 0.4) is 0 Å².